The molecular formula is C17H22N2O3. The Labute approximate surface area is 130 Å². The molecule has 2 aliphatic rings. The van der Waals surface area contributed by atoms with E-state index in [9.17, 15) is 9.59 Å². The Hall–Kier alpha value is -2.04. The molecule has 1 aromatic rings. The van der Waals surface area contributed by atoms with Crippen LogP contribution in [0, 0.1) is 0 Å². The van der Waals surface area contributed by atoms with Crippen molar-refractivity contribution in [3.63, 3.8) is 0 Å². The van der Waals surface area contributed by atoms with Crippen molar-refractivity contribution < 1.29 is 14.3 Å². The summed E-state index contributed by atoms with van der Waals surface area (Å²) in [7, 11) is 0. The summed E-state index contributed by atoms with van der Waals surface area (Å²) < 4.78 is 5.41. The summed E-state index contributed by atoms with van der Waals surface area (Å²) >= 11 is 0. The zero-order valence-electron chi connectivity index (χ0n) is 12.9. The highest BCUT2D eigenvalue weighted by Gasteiger charge is 2.44. The second-order valence-corrected chi connectivity index (χ2v) is 6.37. The fraction of sp³-hybridized carbons (Fsp3) is 0.529. The molecule has 1 N–H and O–H groups in total. The fourth-order valence-electron chi connectivity index (χ4n) is 3.52. The van der Waals surface area contributed by atoms with E-state index >= 15 is 0 Å². The molecule has 1 aromatic carbocycles. The number of carbonyl (C=O) groups excluding carboxylic acids is 2. The summed E-state index contributed by atoms with van der Waals surface area (Å²) in [5, 5.41) is 3.10. The van der Waals surface area contributed by atoms with Gasteiger partial charge in [0.05, 0.1) is 0 Å². The van der Waals surface area contributed by atoms with E-state index in [2.05, 4.69) is 5.32 Å². The molecule has 2 atom stereocenters. The molecule has 5 heteroatoms. The highest BCUT2D eigenvalue weighted by molar-refractivity contribution is 5.79. The third-order valence-electron chi connectivity index (χ3n) is 4.72. The van der Waals surface area contributed by atoms with Gasteiger partial charge in [0.25, 0.3) is 0 Å². The number of nitrogens with zero attached hydrogens (tertiary/aromatic N) is 1. The van der Waals surface area contributed by atoms with E-state index in [-0.39, 0.29) is 23.6 Å². The van der Waals surface area contributed by atoms with Crippen molar-refractivity contribution in [1.82, 2.24) is 10.2 Å². The van der Waals surface area contributed by atoms with Crippen LogP contribution >= 0.6 is 0 Å². The summed E-state index contributed by atoms with van der Waals surface area (Å²) in [6.45, 7) is 2.95. The van der Waals surface area contributed by atoms with Crippen LogP contribution < -0.4 is 5.32 Å². The van der Waals surface area contributed by atoms with Crippen molar-refractivity contribution in [2.75, 3.05) is 6.54 Å². The van der Waals surface area contributed by atoms with Gasteiger partial charge in [0, 0.05) is 24.5 Å². The molecular weight excluding hydrogens is 280 g/mol. The zero-order valence-corrected chi connectivity index (χ0v) is 12.9. The number of rotatable bonds is 2. The summed E-state index contributed by atoms with van der Waals surface area (Å²) in [4.78, 5) is 25.5. The van der Waals surface area contributed by atoms with Crippen LogP contribution in [0.4, 0.5) is 4.79 Å². The molecule has 2 aliphatic heterocycles. The van der Waals surface area contributed by atoms with Crippen LogP contribution in [0.1, 0.15) is 38.2 Å². The van der Waals surface area contributed by atoms with Gasteiger partial charge in [-0.1, -0.05) is 30.3 Å². The van der Waals surface area contributed by atoms with Gasteiger partial charge in [-0.15, -0.1) is 0 Å². The Morgan fingerprint density at radius 1 is 1.36 bits per heavy atom. The molecule has 22 heavy (non-hydrogen) atoms. The lowest BCUT2D eigenvalue weighted by molar-refractivity contribution is -0.120. The lowest BCUT2D eigenvalue weighted by Gasteiger charge is -2.43. The van der Waals surface area contributed by atoms with Gasteiger partial charge in [-0.2, -0.15) is 0 Å². The lowest BCUT2D eigenvalue weighted by Crippen LogP contribution is -2.55. The van der Waals surface area contributed by atoms with Gasteiger partial charge in [-0.05, 0) is 31.7 Å². The number of amides is 2. The molecule has 2 saturated heterocycles. The summed E-state index contributed by atoms with van der Waals surface area (Å²) in [6.07, 6.45) is 2.83. The number of likely N-dealkylation sites (tertiary alicyclic amines) is 1. The van der Waals surface area contributed by atoms with E-state index in [0.717, 1.165) is 24.8 Å². The number of piperidine rings is 1. The molecule has 1 spiro atoms. The molecule has 2 heterocycles. The van der Waals surface area contributed by atoms with Gasteiger partial charge in [-0.25, -0.2) is 4.79 Å². The molecule has 0 aromatic heterocycles. The molecule has 0 saturated carbocycles. The number of hydrogen-bond acceptors (Lipinski definition) is 3. The Morgan fingerprint density at radius 3 is 2.77 bits per heavy atom. The normalized spacial score (nSPS) is 27.8. The zero-order chi connectivity index (χ0) is 15.6. The highest BCUT2D eigenvalue weighted by atomic mass is 16.6. The molecule has 3 rings (SSSR count). The van der Waals surface area contributed by atoms with E-state index in [0.29, 0.717) is 19.6 Å². The second-order valence-electron chi connectivity index (χ2n) is 6.37. The standard InChI is InChI=1S/C17H22N2O3/c1-13-11-17(8-7-15(20)18-17)9-10-19(13)16(21)22-12-14-5-3-2-4-6-14/h2-6,13H,7-12H2,1H3,(H,18,20). The fourth-order valence-corrected chi connectivity index (χ4v) is 3.52. The van der Waals surface area contributed by atoms with E-state index in [4.69, 9.17) is 4.74 Å². The highest BCUT2D eigenvalue weighted by Crippen LogP contribution is 2.34. The number of ether oxygens (including phenoxy) is 1. The lowest BCUT2D eigenvalue weighted by atomic mass is 9.83. The molecule has 118 valence electrons. The first-order valence-electron chi connectivity index (χ1n) is 7.86. The number of benzene rings is 1. The molecule has 2 unspecified atom stereocenters. The van der Waals surface area contributed by atoms with Crippen LogP contribution in [0.5, 0.6) is 0 Å². The number of carbonyl (C=O) groups is 2. The Balaban J connectivity index is 1.55. The molecule has 0 aliphatic carbocycles. The average molecular weight is 302 g/mol. The minimum absolute atomic E-state index is 0.0791. The van der Waals surface area contributed by atoms with Crippen molar-refractivity contribution >= 4 is 12.0 Å². The second kappa shape index (κ2) is 5.99. The first kappa shape index (κ1) is 14.9. The SMILES string of the molecule is CC1CC2(CCC(=O)N2)CCN1C(=O)OCc1ccccc1. The van der Waals surface area contributed by atoms with Gasteiger partial charge in [-0.3, -0.25) is 4.79 Å². The van der Waals surface area contributed by atoms with Crippen LogP contribution in [0.3, 0.4) is 0 Å². The maximum atomic E-state index is 12.3. The predicted molar refractivity (Wildman–Crippen MR) is 82.1 cm³/mol. The minimum atomic E-state index is -0.268. The van der Waals surface area contributed by atoms with Crippen molar-refractivity contribution in [1.29, 1.82) is 0 Å². The van der Waals surface area contributed by atoms with E-state index in [1.165, 1.54) is 0 Å². The van der Waals surface area contributed by atoms with Gasteiger partial charge in [0.15, 0.2) is 0 Å². The number of nitrogens with one attached hydrogen (secondary N) is 1. The van der Waals surface area contributed by atoms with Gasteiger partial charge >= 0.3 is 6.09 Å². The van der Waals surface area contributed by atoms with Crippen molar-refractivity contribution in [3.8, 4) is 0 Å². The first-order chi connectivity index (χ1) is 10.6. The smallest absolute Gasteiger partial charge is 0.410 e. The van der Waals surface area contributed by atoms with Gasteiger partial charge in [0.2, 0.25) is 5.91 Å². The number of hydrogen-bond donors (Lipinski definition) is 1. The Bertz CT molecular complexity index is 560. The van der Waals surface area contributed by atoms with E-state index in [1.54, 1.807) is 4.90 Å². The first-order valence-corrected chi connectivity index (χ1v) is 7.86. The average Bonchev–Trinajstić information content (AvgIpc) is 2.86. The summed E-state index contributed by atoms with van der Waals surface area (Å²) in [5.74, 6) is 0.132. The third kappa shape index (κ3) is 3.08. The maximum Gasteiger partial charge on any atom is 0.410 e. The van der Waals surface area contributed by atoms with Crippen molar-refractivity contribution in [2.45, 2.75) is 50.8 Å². The molecule has 0 radical (unpaired) electrons. The minimum Gasteiger partial charge on any atom is -0.445 e. The predicted octanol–water partition coefficient (Wildman–Crippen LogP) is 2.46. The summed E-state index contributed by atoms with van der Waals surface area (Å²) in [6, 6.07) is 9.76. The van der Waals surface area contributed by atoms with Crippen LogP contribution in [0.25, 0.3) is 0 Å². The third-order valence-corrected chi connectivity index (χ3v) is 4.72. The van der Waals surface area contributed by atoms with Crippen LogP contribution in [-0.2, 0) is 16.1 Å². The van der Waals surface area contributed by atoms with Crippen LogP contribution in [-0.4, -0.2) is 35.0 Å². The van der Waals surface area contributed by atoms with Crippen LogP contribution in [0.15, 0.2) is 30.3 Å². The summed E-state index contributed by atoms with van der Waals surface area (Å²) in [5.41, 5.74) is 0.882. The molecule has 5 nitrogen and oxygen atoms in total. The Kier molecular flexibility index (Phi) is 4.05. The monoisotopic (exact) mass is 302 g/mol. The van der Waals surface area contributed by atoms with Crippen molar-refractivity contribution in [3.05, 3.63) is 35.9 Å². The molecule has 2 amide bonds. The molecule has 0 bridgehead atoms. The largest absolute Gasteiger partial charge is 0.445 e. The van der Waals surface area contributed by atoms with Gasteiger partial charge in [0.1, 0.15) is 6.61 Å². The van der Waals surface area contributed by atoms with Gasteiger partial charge < -0.3 is 15.0 Å². The van der Waals surface area contributed by atoms with E-state index < -0.39 is 0 Å². The van der Waals surface area contributed by atoms with Crippen LogP contribution in [0.2, 0.25) is 0 Å². The van der Waals surface area contributed by atoms with Crippen molar-refractivity contribution in [2.24, 2.45) is 0 Å². The molecule has 2 fully saturated rings. The van der Waals surface area contributed by atoms with E-state index in [1.807, 2.05) is 37.3 Å². The maximum absolute atomic E-state index is 12.3. The Morgan fingerprint density at radius 2 is 2.14 bits per heavy atom. The quantitative estimate of drug-likeness (QED) is 0.913. The topological polar surface area (TPSA) is 58.6 Å².